The van der Waals surface area contributed by atoms with Crippen molar-refractivity contribution >= 4 is 21.8 Å². The molecule has 0 radical (unpaired) electrons. The zero-order valence-corrected chi connectivity index (χ0v) is 10.9. The summed E-state index contributed by atoms with van der Waals surface area (Å²) in [5, 5.41) is 0. The highest BCUT2D eigenvalue weighted by molar-refractivity contribution is 9.09. The van der Waals surface area contributed by atoms with Gasteiger partial charge < -0.3 is 4.90 Å². The molecule has 1 saturated heterocycles. The summed E-state index contributed by atoms with van der Waals surface area (Å²) in [5.74, 6) is 0.317. The van der Waals surface area contributed by atoms with Crippen molar-refractivity contribution in [1.29, 1.82) is 0 Å². The fourth-order valence-electron chi connectivity index (χ4n) is 1.66. The minimum absolute atomic E-state index is 0.113. The van der Waals surface area contributed by atoms with E-state index in [0.717, 1.165) is 25.9 Å². The number of piperidine rings is 1. The lowest BCUT2D eigenvalue weighted by Gasteiger charge is -2.31. The Bertz CT molecular complexity index is 202. The predicted molar refractivity (Wildman–Crippen MR) is 62.6 cm³/mol. The van der Waals surface area contributed by atoms with E-state index in [4.69, 9.17) is 0 Å². The van der Waals surface area contributed by atoms with Crippen molar-refractivity contribution in [3.63, 3.8) is 0 Å². The molecule has 1 aliphatic rings. The van der Waals surface area contributed by atoms with Gasteiger partial charge >= 0.3 is 0 Å². The third kappa shape index (κ3) is 3.99. The smallest absolute Gasteiger partial charge is 0.223 e. The van der Waals surface area contributed by atoms with Gasteiger partial charge in [0.2, 0.25) is 5.91 Å². The molecule has 2 nitrogen and oxygen atoms in total. The normalized spacial score (nSPS) is 19.9. The molecule has 0 N–H and O–H groups in total. The largest absolute Gasteiger partial charge is 0.343 e. The second-order valence-corrected chi connectivity index (χ2v) is 6.59. The lowest BCUT2D eigenvalue weighted by Crippen LogP contribution is -2.40. The minimum Gasteiger partial charge on any atom is -0.343 e. The third-order valence-electron chi connectivity index (χ3n) is 2.46. The summed E-state index contributed by atoms with van der Waals surface area (Å²) in [5.41, 5.74) is 0.113. The average Bonchev–Trinajstić information content (AvgIpc) is 2.02. The Balaban J connectivity index is 2.38. The monoisotopic (exact) mass is 261 g/mol. The van der Waals surface area contributed by atoms with Crippen LogP contribution in [-0.4, -0.2) is 28.7 Å². The maximum Gasteiger partial charge on any atom is 0.223 e. The van der Waals surface area contributed by atoms with Crippen molar-refractivity contribution in [1.82, 2.24) is 4.90 Å². The van der Waals surface area contributed by atoms with Gasteiger partial charge in [-0.05, 0) is 18.3 Å². The number of halogens is 1. The fraction of sp³-hybridized carbons (Fsp3) is 0.909. The molecule has 3 heteroatoms. The first-order valence-corrected chi connectivity index (χ1v) is 6.22. The number of carbonyl (C=O) groups is 1. The molecule has 0 aromatic rings. The number of rotatable bonds is 1. The molecule has 0 aromatic carbocycles. The molecule has 0 aliphatic carbocycles. The van der Waals surface area contributed by atoms with Crippen LogP contribution in [0.25, 0.3) is 0 Å². The zero-order chi connectivity index (χ0) is 10.8. The summed E-state index contributed by atoms with van der Waals surface area (Å²) in [6.45, 7) is 8.18. The highest BCUT2D eigenvalue weighted by atomic mass is 79.9. The lowest BCUT2D eigenvalue weighted by atomic mass is 9.91. The van der Waals surface area contributed by atoms with Crippen LogP contribution in [0.3, 0.4) is 0 Å². The maximum atomic E-state index is 11.8. The molecular weight excluding hydrogens is 242 g/mol. The van der Waals surface area contributed by atoms with E-state index in [-0.39, 0.29) is 5.41 Å². The molecule has 0 spiro atoms. The number of carbonyl (C=O) groups excluding carboxylic acids is 1. The molecule has 1 aliphatic heterocycles. The number of amides is 1. The molecule has 1 fully saturated rings. The van der Waals surface area contributed by atoms with Crippen LogP contribution >= 0.6 is 15.9 Å². The Morgan fingerprint density at radius 3 is 2.29 bits per heavy atom. The summed E-state index contributed by atoms with van der Waals surface area (Å²) >= 11 is 3.59. The standard InChI is InChI=1S/C11H20BrNO/c1-11(2,3)8-10(14)13-6-4-9(12)5-7-13/h9H,4-8H2,1-3H3. The Morgan fingerprint density at radius 1 is 1.36 bits per heavy atom. The SMILES string of the molecule is CC(C)(C)CC(=O)N1CCC(Br)CC1. The van der Waals surface area contributed by atoms with Gasteiger partial charge in [0.15, 0.2) is 0 Å². The van der Waals surface area contributed by atoms with Gasteiger partial charge in [-0.25, -0.2) is 0 Å². The van der Waals surface area contributed by atoms with Gasteiger partial charge in [0.25, 0.3) is 0 Å². The van der Waals surface area contributed by atoms with E-state index in [1.807, 2.05) is 4.90 Å². The third-order valence-corrected chi connectivity index (χ3v) is 3.37. The van der Waals surface area contributed by atoms with Crippen molar-refractivity contribution in [3.05, 3.63) is 0 Å². The molecule has 1 heterocycles. The van der Waals surface area contributed by atoms with E-state index in [0.29, 0.717) is 17.2 Å². The van der Waals surface area contributed by atoms with Crippen molar-refractivity contribution in [3.8, 4) is 0 Å². The van der Waals surface area contributed by atoms with Crippen molar-refractivity contribution in [2.24, 2.45) is 5.41 Å². The van der Waals surface area contributed by atoms with E-state index < -0.39 is 0 Å². The Morgan fingerprint density at radius 2 is 1.86 bits per heavy atom. The number of nitrogens with zero attached hydrogens (tertiary/aromatic N) is 1. The quantitative estimate of drug-likeness (QED) is 0.665. The zero-order valence-electron chi connectivity index (χ0n) is 9.35. The van der Waals surface area contributed by atoms with Gasteiger partial charge in [0, 0.05) is 24.3 Å². The first-order chi connectivity index (χ1) is 6.38. The first-order valence-electron chi connectivity index (χ1n) is 5.30. The summed E-state index contributed by atoms with van der Waals surface area (Å²) < 4.78 is 0. The molecule has 82 valence electrons. The van der Waals surface area contributed by atoms with Crippen molar-refractivity contribution in [2.45, 2.75) is 44.9 Å². The van der Waals surface area contributed by atoms with Gasteiger partial charge in [-0.1, -0.05) is 36.7 Å². The van der Waals surface area contributed by atoms with Crippen LogP contribution in [-0.2, 0) is 4.79 Å². The highest BCUT2D eigenvalue weighted by Crippen LogP contribution is 2.23. The molecule has 0 bridgehead atoms. The van der Waals surface area contributed by atoms with E-state index in [1.165, 1.54) is 0 Å². The molecule has 0 saturated carbocycles. The summed E-state index contributed by atoms with van der Waals surface area (Å²) in [6, 6.07) is 0. The van der Waals surface area contributed by atoms with Crippen LogP contribution in [0.1, 0.15) is 40.0 Å². The van der Waals surface area contributed by atoms with Gasteiger partial charge in [0.05, 0.1) is 0 Å². The van der Waals surface area contributed by atoms with E-state index in [9.17, 15) is 4.79 Å². The maximum absolute atomic E-state index is 11.8. The molecule has 0 atom stereocenters. The lowest BCUT2D eigenvalue weighted by molar-refractivity contribution is -0.133. The van der Waals surface area contributed by atoms with Crippen LogP contribution in [0, 0.1) is 5.41 Å². The Hall–Kier alpha value is -0.0500. The fourth-order valence-corrected chi connectivity index (χ4v) is 2.07. The second kappa shape index (κ2) is 4.65. The topological polar surface area (TPSA) is 20.3 Å². The van der Waals surface area contributed by atoms with Crippen LogP contribution in [0.2, 0.25) is 0 Å². The number of hydrogen-bond donors (Lipinski definition) is 0. The predicted octanol–water partition coefficient (Wildman–Crippen LogP) is 2.81. The van der Waals surface area contributed by atoms with Gasteiger partial charge in [-0.15, -0.1) is 0 Å². The van der Waals surface area contributed by atoms with Crippen LogP contribution in [0.15, 0.2) is 0 Å². The molecule has 0 unspecified atom stereocenters. The molecule has 1 amide bonds. The second-order valence-electron chi connectivity index (χ2n) is 5.29. The van der Waals surface area contributed by atoms with Crippen LogP contribution < -0.4 is 0 Å². The summed E-state index contributed by atoms with van der Waals surface area (Å²) in [7, 11) is 0. The first kappa shape index (κ1) is 12.0. The molecule has 1 rings (SSSR count). The Kier molecular flexibility index (Phi) is 3.99. The number of hydrogen-bond acceptors (Lipinski definition) is 1. The minimum atomic E-state index is 0.113. The summed E-state index contributed by atoms with van der Waals surface area (Å²) in [4.78, 5) is 14.4. The molecule has 0 aromatic heterocycles. The average molecular weight is 262 g/mol. The van der Waals surface area contributed by atoms with E-state index in [2.05, 4.69) is 36.7 Å². The van der Waals surface area contributed by atoms with Gasteiger partial charge in [-0.2, -0.15) is 0 Å². The molecule has 14 heavy (non-hydrogen) atoms. The van der Waals surface area contributed by atoms with Gasteiger partial charge in [0.1, 0.15) is 0 Å². The van der Waals surface area contributed by atoms with Crippen LogP contribution in [0.5, 0.6) is 0 Å². The molecular formula is C11H20BrNO. The van der Waals surface area contributed by atoms with E-state index >= 15 is 0 Å². The number of alkyl halides is 1. The van der Waals surface area contributed by atoms with Crippen molar-refractivity contribution < 1.29 is 4.79 Å². The van der Waals surface area contributed by atoms with Crippen LogP contribution in [0.4, 0.5) is 0 Å². The van der Waals surface area contributed by atoms with E-state index in [1.54, 1.807) is 0 Å². The summed E-state index contributed by atoms with van der Waals surface area (Å²) in [6.07, 6.45) is 2.85. The number of likely N-dealkylation sites (tertiary alicyclic amines) is 1. The highest BCUT2D eigenvalue weighted by Gasteiger charge is 2.24. The van der Waals surface area contributed by atoms with Gasteiger partial charge in [-0.3, -0.25) is 4.79 Å². The van der Waals surface area contributed by atoms with Crippen molar-refractivity contribution in [2.75, 3.05) is 13.1 Å². The Labute approximate surface area is 95.2 Å².